The molecule has 0 radical (unpaired) electrons. The first-order valence-electron chi connectivity index (χ1n) is 15.9. The summed E-state index contributed by atoms with van der Waals surface area (Å²) in [7, 11) is 1.23. The molecule has 1 heterocycles. The Morgan fingerprint density at radius 3 is 2.22 bits per heavy atom. The minimum absolute atomic E-state index is 0.0649. The van der Waals surface area contributed by atoms with Crippen LogP contribution in [0.2, 0.25) is 0 Å². The lowest BCUT2D eigenvalue weighted by molar-refractivity contribution is -0.145. The van der Waals surface area contributed by atoms with Gasteiger partial charge in [0.1, 0.15) is 17.8 Å². The van der Waals surface area contributed by atoms with Gasteiger partial charge in [-0.15, -0.1) is 0 Å². The average Bonchev–Trinajstić information content (AvgIpc) is 3.01. The molecule has 0 aliphatic carbocycles. The van der Waals surface area contributed by atoms with Crippen LogP contribution in [0.1, 0.15) is 76.7 Å². The van der Waals surface area contributed by atoms with Crippen molar-refractivity contribution < 1.29 is 23.9 Å². The van der Waals surface area contributed by atoms with E-state index in [0.717, 1.165) is 25.9 Å². The van der Waals surface area contributed by atoms with Crippen LogP contribution in [-0.4, -0.2) is 81.7 Å². The summed E-state index contributed by atoms with van der Waals surface area (Å²) in [6, 6.07) is 4.03. The number of guanidine groups is 2. The quantitative estimate of drug-likeness (QED) is 0.0489. The number of aryl methyl sites for hydroxylation is 1. The molecule has 0 fully saturated rings. The van der Waals surface area contributed by atoms with Gasteiger partial charge >= 0.3 is 5.97 Å². The lowest BCUT2D eigenvalue weighted by Crippen LogP contribution is -2.52. The van der Waals surface area contributed by atoms with E-state index in [2.05, 4.69) is 38.5 Å². The first kappa shape index (κ1) is 37.0. The Hall–Kier alpha value is -4.23. The fourth-order valence-electron chi connectivity index (χ4n) is 5.20. The predicted molar refractivity (Wildman–Crippen MR) is 177 cm³/mol. The minimum Gasteiger partial charge on any atom is -0.484 e. The van der Waals surface area contributed by atoms with Crippen LogP contribution in [0.3, 0.4) is 0 Å². The number of aliphatic imine (C=N–C) groups is 2. The summed E-state index contributed by atoms with van der Waals surface area (Å²) in [6.07, 6.45) is 9.53. The second kappa shape index (κ2) is 20.7. The van der Waals surface area contributed by atoms with E-state index in [1.54, 1.807) is 0 Å². The standard InChI is InChI=1S/C31H53N9O5/c1-3-4-5-6-7-18-40-19-10-11-22-20-23(14-15-26(22)40)45-21-27(41)38-24(12-8-16-36-30(32)33)28(42)39-25(29(43)44-2)13-9-17-37-31(34)35/h14-15,20,24-25H,3-13,16-19,21H2,1-2H3,(H,38,41)(H,39,42)(H4,32,33,36)(H4,34,35,37)/t24-,25-/m0/s1. The minimum atomic E-state index is -0.963. The zero-order valence-electron chi connectivity index (χ0n) is 26.9. The van der Waals surface area contributed by atoms with Crippen LogP contribution in [0.5, 0.6) is 5.75 Å². The van der Waals surface area contributed by atoms with Gasteiger partial charge in [0.05, 0.1) is 7.11 Å². The largest absolute Gasteiger partial charge is 0.484 e. The number of carbonyl (C=O) groups is 3. The van der Waals surface area contributed by atoms with Crippen molar-refractivity contribution in [2.45, 2.75) is 89.6 Å². The van der Waals surface area contributed by atoms with Crippen molar-refractivity contribution in [3.8, 4) is 5.75 Å². The van der Waals surface area contributed by atoms with Crippen LogP contribution in [0.25, 0.3) is 0 Å². The molecule has 1 aromatic carbocycles. The number of nitrogens with two attached hydrogens (primary N) is 4. The summed E-state index contributed by atoms with van der Waals surface area (Å²) in [4.78, 5) is 48.8. The van der Waals surface area contributed by atoms with Gasteiger partial charge in [0, 0.05) is 31.9 Å². The van der Waals surface area contributed by atoms with E-state index < -0.39 is 29.9 Å². The van der Waals surface area contributed by atoms with Crippen molar-refractivity contribution in [2.75, 3.05) is 44.8 Å². The van der Waals surface area contributed by atoms with Gasteiger partial charge in [-0.3, -0.25) is 19.6 Å². The number of methoxy groups -OCH3 is 1. The summed E-state index contributed by atoms with van der Waals surface area (Å²) in [5, 5.41) is 5.40. The Kier molecular flexibility index (Phi) is 17.0. The second-order valence-corrected chi connectivity index (χ2v) is 11.2. The first-order chi connectivity index (χ1) is 21.6. The molecule has 1 aromatic rings. The molecular weight excluding hydrogens is 578 g/mol. The molecule has 45 heavy (non-hydrogen) atoms. The number of ether oxygens (including phenoxy) is 2. The van der Waals surface area contributed by atoms with E-state index in [1.807, 2.05) is 12.1 Å². The van der Waals surface area contributed by atoms with Gasteiger partial charge in [-0.25, -0.2) is 4.79 Å². The van der Waals surface area contributed by atoms with Crippen LogP contribution in [0, 0.1) is 0 Å². The van der Waals surface area contributed by atoms with Crippen molar-refractivity contribution in [1.82, 2.24) is 10.6 Å². The van der Waals surface area contributed by atoms with Crippen LogP contribution in [-0.2, 0) is 25.5 Å². The van der Waals surface area contributed by atoms with E-state index in [1.165, 1.54) is 50.5 Å². The van der Waals surface area contributed by atoms with E-state index in [4.69, 9.17) is 32.4 Å². The van der Waals surface area contributed by atoms with Crippen LogP contribution < -0.4 is 43.2 Å². The molecule has 1 aliphatic rings. The molecule has 14 heteroatoms. The third-order valence-electron chi connectivity index (χ3n) is 7.51. The number of hydrogen-bond acceptors (Lipinski definition) is 8. The van der Waals surface area contributed by atoms with Gasteiger partial charge in [0.2, 0.25) is 5.91 Å². The molecule has 1 aliphatic heterocycles. The van der Waals surface area contributed by atoms with Gasteiger partial charge in [-0.2, -0.15) is 0 Å². The molecule has 0 aromatic heterocycles. The number of nitrogens with one attached hydrogen (secondary N) is 2. The number of carbonyl (C=O) groups excluding carboxylic acids is 3. The highest BCUT2D eigenvalue weighted by atomic mass is 16.5. The smallest absolute Gasteiger partial charge is 0.328 e. The van der Waals surface area contributed by atoms with Crippen molar-refractivity contribution >= 4 is 35.4 Å². The number of fused-ring (bicyclic) bond motifs is 1. The summed E-state index contributed by atoms with van der Waals surface area (Å²) in [5.74, 6) is -1.19. The zero-order valence-corrected chi connectivity index (χ0v) is 26.9. The van der Waals surface area contributed by atoms with Crippen molar-refractivity contribution in [2.24, 2.45) is 32.9 Å². The fraction of sp³-hybridized carbons (Fsp3) is 0.645. The molecule has 0 unspecified atom stereocenters. The Morgan fingerprint density at radius 1 is 0.911 bits per heavy atom. The molecule has 0 saturated heterocycles. The monoisotopic (exact) mass is 631 g/mol. The average molecular weight is 632 g/mol. The highest BCUT2D eigenvalue weighted by Crippen LogP contribution is 2.31. The number of rotatable bonds is 21. The highest BCUT2D eigenvalue weighted by Gasteiger charge is 2.27. The molecular formula is C31H53N9O5. The molecule has 252 valence electrons. The second-order valence-electron chi connectivity index (χ2n) is 11.2. The SMILES string of the molecule is CCCCCCCN1CCCc2cc(OCC(=O)N[C@@H](CCCN=C(N)N)C(=O)N[C@@H](CCCN=C(N)N)C(=O)OC)ccc21. The number of benzene rings is 1. The van der Waals surface area contributed by atoms with E-state index in [-0.39, 0.29) is 44.5 Å². The van der Waals surface area contributed by atoms with Crippen LogP contribution in [0.4, 0.5) is 5.69 Å². The van der Waals surface area contributed by atoms with Gasteiger partial charge in [0.15, 0.2) is 18.5 Å². The topological polar surface area (TPSA) is 226 Å². The molecule has 10 N–H and O–H groups in total. The molecule has 2 atom stereocenters. The fourth-order valence-corrected chi connectivity index (χ4v) is 5.20. The maximum absolute atomic E-state index is 13.2. The van der Waals surface area contributed by atoms with Crippen LogP contribution in [0.15, 0.2) is 28.2 Å². The number of unbranched alkanes of at least 4 members (excludes halogenated alkanes) is 4. The molecule has 2 rings (SSSR count). The lowest BCUT2D eigenvalue weighted by Gasteiger charge is -2.31. The third-order valence-corrected chi connectivity index (χ3v) is 7.51. The maximum Gasteiger partial charge on any atom is 0.328 e. The molecule has 0 spiro atoms. The Labute approximate surface area is 266 Å². The number of amides is 2. The van der Waals surface area contributed by atoms with Crippen molar-refractivity contribution in [1.29, 1.82) is 0 Å². The van der Waals surface area contributed by atoms with Crippen LogP contribution >= 0.6 is 0 Å². The molecule has 0 bridgehead atoms. The molecule has 0 saturated carbocycles. The number of esters is 1. The normalized spacial score (nSPS) is 13.5. The number of anilines is 1. The van der Waals surface area contributed by atoms with Gasteiger partial charge < -0.3 is 47.9 Å². The van der Waals surface area contributed by atoms with E-state index in [0.29, 0.717) is 18.6 Å². The van der Waals surface area contributed by atoms with Crippen molar-refractivity contribution in [3.63, 3.8) is 0 Å². The Balaban J connectivity index is 2.00. The number of nitrogens with zero attached hydrogens (tertiary/aromatic N) is 3. The van der Waals surface area contributed by atoms with Crippen molar-refractivity contribution in [3.05, 3.63) is 23.8 Å². The Bertz CT molecular complexity index is 1140. The lowest BCUT2D eigenvalue weighted by atomic mass is 10.0. The predicted octanol–water partition coefficient (Wildman–Crippen LogP) is 1.04. The maximum atomic E-state index is 13.2. The Morgan fingerprint density at radius 2 is 1.58 bits per heavy atom. The third kappa shape index (κ3) is 14.4. The van der Waals surface area contributed by atoms with Gasteiger partial charge in [0.25, 0.3) is 5.91 Å². The molecule has 14 nitrogen and oxygen atoms in total. The first-order valence-corrected chi connectivity index (χ1v) is 15.9. The summed E-state index contributed by atoms with van der Waals surface area (Å²) in [6.45, 7) is 4.57. The zero-order chi connectivity index (χ0) is 33.0. The summed E-state index contributed by atoms with van der Waals surface area (Å²) in [5.41, 5.74) is 24.0. The summed E-state index contributed by atoms with van der Waals surface area (Å²) >= 11 is 0. The highest BCUT2D eigenvalue weighted by molar-refractivity contribution is 5.91. The van der Waals surface area contributed by atoms with E-state index in [9.17, 15) is 14.4 Å². The van der Waals surface area contributed by atoms with Gasteiger partial charge in [-0.05, 0) is 68.7 Å². The van der Waals surface area contributed by atoms with E-state index >= 15 is 0 Å². The summed E-state index contributed by atoms with van der Waals surface area (Å²) < 4.78 is 10.7. The number of hydrogen-bond donors (Lipinski definition) is 6. The molecule has 2 amide bonds. The van der Waals surface area contributed by atoms with Gasteiger partial charge in [-0.1, -0.05) is 32.6 Å².